The molecule has 8 nitrogen and oxygen atoms in total. The number of anilines is 1. The van der Waals surface area contributed by atoms with Crippen LogP contribution in [0.2, 0.25) is 0 Å². The minimum absolute atomic E-state index is 0.404. The maximum Gasteiger partial charge on any atom is 0.329 e. The van der Waals surface area contributed by atoms with E-state index in [-0.39, 0.29) is 0 Å². The lowest BCUT2D eigenvalue weighted by Gasteiger charge is -2.35. The van der Waals surface area contributed by atoms with Crippen molar-refractivity contribution in [2.24, 2.45) is 7.05 Å². The molecule has 0 spiro atoms. The number of hydrogen-bond donors (Lipinski definition) is 1. The molecule has 0 aliphatic carbocycles. The van der Waals surface area contributed by atoms with Crippen molar-refractivity contribution in [3.63, 3.8) is 0 Å². The van der Waals surface area contributed by atoms with Gasteiger partial charge in [-0.2, -0.15) is 4.98 Å². The SMILES string of the molecule is C=C(C)CN1CCN(c2nc3c(c(=O)[nH]c(=O)n3C)n2Cc2ccccc2)CC1. The number of aromatic amines is 1. The number of benzene rings is 1. The Morgan fingerprint density at radius 3 is 2.48 bits per heavy atom. The second kappa shape index (κ2) is 7.71. The first kappa shape index (κ1) is 19.2. The summed E-state index contributed by atoms with van der Waals surface area (Å²) in [5, 5.41) is 0. The van der Waals surface area contributed by atoms with Crippen molar-refractivity contribution in [3.8, 4) is 0 Å². The van der Waals surface area contributed by atoms with Gasteiger partial charge in [0, 0.05) is 39.8 Å². The summed E-state index contributed by atoms with van der Waals surface area (Å²) in [6.45, 7) is 10.9. The lowest BCUT2D eigenvalue weighted by atomic mass is 10.2. The zero-order chi connectivity index (χ0) is 20.5. The number of imidazole rings is 1. The van der Waals surface area contributed by atoms with E-state index in [9.17, 15) is 9.59 Å². The quantitative estimate of drug-likeness (QED) is 0.657. The van der Waals surface area contributed by atoms with E-state index >= 15 is 0 Å². The van der Waals surface area contributed by atoms with Crippen molar-refractivity contribution in [2.45, 2.75) is 13.5 Å². The second-order valence-corrected chi connectivity index (χ2v) is 7.69. The van der Waals surface area contributed by atoms with E-state index in [0.29, 0.717) is 17.7 Å². The number of aryl methyl sites for hydroxylation is 1. The number of hydrogen-bond acceptors (Lipinski definition) is 5. The Labute approximate surface area is 168 Å². The zero-order valence-corrected chi connectivity index (χ0v) is 16.9. The number of aromatic nitrogens is 4. The summed E-state index contributed by atoms with van der Waals surface area (Å²) in [4.78, 5) is 36.5. The van der Waals surface area contributed by atoms with Crippen molar-refractivity contribution in [1.82, 2.24) is 24.0 Å². The van der Waals surface area contributed by atoms with Gasteiger partial charge in [-0.25, -0.2) is 4.79 Å². The van der Waals surface area contributed by atoms with Gasteiger partial charge in [-0.15, -0.1) is 0 Å². The molecule has 2 aromatic heterocycles. The first-order valence-corrected chi connectivity index (χ1v) is 9.79. The summed E-state index contributed by atoms with van der Waals surface area (Å²) in [5.74, 6) is 0.727. The number of H-pyrrole nitrogens is 1. The smallest absolute Gasteiger partial charge is 0.329 e. The van der Waals surface area contributed by atoms with Crippen LogP contribution in [0.4, 0.5) is 5.95 Å². The van der Waals surface area contributed by atoms with Gasteiger partial charge >= 0.3 is 5.69 Å². The lowest BCUT2D eigenvalue weighted by molar-refractivity contribution is 0.276. The fraction of sp³-hybridized carbons (Fsp3) is 0.381. The fourth-order valence-electron chi connectivity index (χ4n) is 3.87. The van der Waals surface area contributed by atoms with Crippen LogP contribution in [0.5, 0.6) is 0 Å². The van der Waals surface area contributed by atoms with Crippen LogP contribution in [0.15, 0.2) is 52.1 Å². The lowest BCUT2D eigenvalue weighted by Crippen LogP contribution is -2.47. The van der Waals surface area contributed by atoms with E-state index in [2.05, 4.69) is 21.4 Å². The summed E-state index contributed by atoms with van der Waals surface area (Å²) in [7, 11) is 1.63. The van der Waals surface area contributed by atoms with E-state index in [1.54, 1.807) is 7.05 Å². The Balaban J connectivity index is 1.77. The molecule has 0 unspecified atom stereocenters. The molecule has 1 saturated heterocycles. The first-order valence-electron chi connectivity index (χ1n) is 9.79. The topological polar surface area (TPSA) is 79.2 Å². The van der Waals surface area contributed by atoms with E-state index in [4.69, 9.17) is 4.98 Å². The molecular formula is C21H26N6O2. The molecule has 3 heterocycles. The van der Waals surface area contributed by atoms with Crippen molar-refractivity contribution in [1.29, 1.82) is 0 Å². The highest BCUT2D eigenvalue weighted by atomic mass is 16.2. The predicted molar refractivity (Wildman–Crippen MR) is 115 cm³/mol. The van der Waals surface area contributed by atoms with Crippen molar-refractivity contribution < 1.29 is 0 Å². The molecule has 4 rings (SSSR count). The normalized spacial score (nSPS) is 15.2. The van der Waals surface area contributed by atoms with Crippen molar-refractivity contribution >= 4 is 17.1 Å². The summed E-state index contributed by atoms with van der Waals surface area (Å²) in [6, 6.07) is 9.97. The molecule has 1 aromatic carbocycles. The van der Waals surface area contributed by atoms with Gasteiger partial charge < -0.3 is 4.90 Å². The molecule has 152 valence electrons. The van der Waals surface area contributed by atoms with Crippen LogP contribution in [-0.4, -0.2) is 56.7 Å². The summed E-state index contributed by atoms with van der Waals surface area (Å²) >= 11 is 0. The highest BCUT2D eigenvalue weighted by molar-refractivity contribution is 5.74. The van der Waals surface area contributed by atoms with Crippen molar-refractivity contribution in [2.75, 3.05) is 37.6 Å². The van der Waals surface area contributed by atoms with Crippen LogP contribution in [0.25, 0.3) is 11.2 Å². The molecule has 1 aliphatic rings. The Morgan fingerprint density at radius 1 is 1.14 bits per heavy atom. The van der Waals surface area contributed by atoms with E-state index in [1.807, 2.05) is 41.8 Å². The standard InChI is InChI=1S/C21H26N6O2/c1-15(2)13-25-9-11-26(12-10-25)20-22-18-17(19(28)23-21(29)24(18)3)27(20)14-16-7-5-4-6-8-16/h4-8H,1,9-14H2,2-3H3,(H,23,28,29). The number of rotatable bonds is 5. The minimum atomic E-state index is -0.454. The maximum atomic E-state index is 12.7. The zero-order valence-electron chi connectivity index (χ0n) is 16.9. The molecule has 1 N–H and O–H groups in total. The van der Waals surface area contributed by atoms with Gasteiger partial charge in [-0.1, -0.05) is 42.5 Å². The van der Waals surface area contributed by atoms with Gasteiger partial charge in [0.25, 0.3) is 5.56 Å². The molecule has 0 amide bonds. The van der Waals surface area contributed by atoms with Crippen LogP contribution >= 0.6 is 0 Å². The van der Waals surface area contributed by atoms with Gasteiger partial charge in [0.05, 0.1) is 6.54 Å². The summed E-state index contributed by atoms with van der Waals surface area (Å²) in [5.41, 5.74) is 2.20. The van der Waals surface area contributed by atoms with Crippen LogP contribution in [0.1, 0.15) is 12.5 Å². The fourth-order valence-corrected chi connectivity index (χ4v) is 3.87. The summed E-state index contributed by atoms with van der Waals surface area (Å²) < 4.78 is 3.33. The maximum absolute atomic E-state index is 12.7. The van der Waals surface area contributed by atoms with Gasteiger partial charge in [0.2, 0.25) is 5.95 Å². The largest absolute Gasteiger partial charge is 0.340 e. The molecule has 0 bridgehead atoms. The minimum Gasteiger partial charge on any atom is -0.340 e. The number of nitrogens with zero attached hydrogens (tertiary/aromatic N) is 5. The molecule has 0 radical (unpaired) electrons. The molecule has 0 atom stereocenters. The molecule has 3 aromatic rings. The van der Waals surface area contributed by atoms with Crippen LogP contribution in [0, 0.1) is 0 Å². The number of piperazine rings is 1. The molecule has 1 aliphatic heterocycles. The Hall–Kier alpha value is -3.13. The highest BCUT2D eigenvalue weighted by Gasteiger charge is 2.25. The van der Waals surface area contributed by atoms with Crippen LogP contribution in [0.3, 0.4) is 0 Å². The predicted octanol–water partition coefficient (Wildman–Crippen LogP) is 1.17. The van der Waals surface area contributed by atoms with E-state index in [1.165, 1.54) is 4.57 Å². The molecule has 0 saturated carbocycles. The average Bonchev–Trinajstić information content (AvgIpc) is 3.07. The van der Waals surface area contributed by atoms with Gasteiger partial charge in [0.1, 0.15) is 0 Å². The van der Waals surface area contributed by atoms with Crippen molar-refractivity contribution in [3.05, 3.63) is 68.9 Å². The van der Waals surface area contributed by atoms with Crippen LogP contribution in [-0.2, 0) is 13.6 Å². The third-order valence-corrected chi connectivity index (χ3v) is 5.32. The summed E-state index contributed by atoms with van der Waals surface area (Å²) in [6.07, 6.45) is 0. The van der Waals surface area contributed by atoms with E-state index in [0.717, 1.165) is 49.8 Å². The van der Waals surface area contributed by atoms with Crippen LogP contribution < -0.4 is 16.1 Å². The third-order valence-electron chi connectivity index (χ3n) is 5.32. The monoisotopic (exact) mass is 394 g/mol. The Morgan fingerprint density at radius 2 is 1.83 bits per heavy atom. The van der Waals surface area contributed by atoms with Gasteiger partial charge in [-0.3, -0.25) is 23.8 Å². The van der Waals surface area contributed by atoms with Gasteiger partial charge in [-0.05, 0) is 12.5 Å². The molecule has 29 heavy (non-hydrogen) atoms. The highest BCUT2D eigenvalue weighted by Crippen LogP contribution is 2.22. The second-order valence-electron chi connectivity index (χ2n) is 7.69. The average molecular weight is 394 g/mol. The molecule has 1 fully saturated rings. The first-order chi connectivity index (χ1) is 13.9. The number of nitrogens with one attached hydrogen (secondary N) is 1. The molecular weight excluding hydrogens is 368 g/mol. The molecule has 8 heteroatoms. The number of fused-ring (bicyclic) bond motifs is 1. The Bertz CT molecular complexity index is 1150. The van der Waals surface area contributed by atoms with E-state index < -0.39 is 11.2 Å². The Kier molecular flexibility index (Phi) is 5.10. The van der Waals surface area contributed by atoms with Gasteiger partial charge in [0.15, 0.2) is 11.2 Å². The third kappa shape index (κ3) is 3.75.